The van der Waals surface area contributed by atoms with Gasteiger partial charge in [-0.05, 0) is 54.2 Å². The van der Waals surface area contributed by atoms with Crippen molar-refractivity contribution < 1.29 is 19.7 Å². The zero-order valence-electron chi connectivity index (χ0n) is 24.1. The Kier molecular flexibility index (Phi) is 7.56. The van der Waals surface area contributed by atoms with Gasteiger partial charge in [-0.15, -0.1) is 0 Å². The molecule has 1 fully saturated rings. The van der Waals surface area contributed by atoms with Gasteiger partial charge < -0.3 is 19.7 Å². The average molecular weight is 557 g/mol. The van der Waals surface area contributed by atoms with E-state index in [9.17, 15) is 10.2 Å². The van der Waals surface area contributed by atoms with Gasteiger partial charge in [0.2, 0.25) is 0 Å². The van der Waals surface area contributed by atoms with Crippen LogP contribution < -0.4 is 0 Å². The summed E-state index contributed by atoms with van der Waals surface area (Å²) in [4.78, 5) is 0. The quantitative estimate of drug-likeness (QED) is 0.221. The molecular weight excluding hydrogens is 520 g/mol. The maximum atomic E-state index is 13.0. The molecule has 2 atom stereocenters. The first kappa shape index (κ1) is 28.1. The smallest absolute Gasteiger partial charge is 0.185 e. The van der Waals surface area contributed by atoms with Crippen LogP contribution in [0, 0.1) is 20.8 Å². The van der Waals surface area contributed by atoms with Gasteiger partial charge in [-0.25, -0.2) is 0 Å². The topological polar surface area (TPSA) is 58.9 Å². The zero-order chi connectivity index (χ0) is 29.3. The number of rotatable bonds is 7. The summed E-state index contributed by atoms with van der Waals surface area (Å²) in [5.41, 5.74) is 3.39. The Morgan fingerprint density at radius 3 is 1.05 bits per heavy atom. The Hall–Kier alpha value is -4.06. The predicted molar refractivity (Wildman–Crippen MR) is 165 cm³/mol. The first-order valence-electron chi connectivity index (χ1n) is 14.4. The molecule has 5 aromatic carbocycles. The second-order valence-electron chi connectivity index (χ2n) is 11.3. The highest BCUT2D eigenvalue weighted by atomic mass is 16.7. The molecule has 1 saturated heterocycles. The molecule has 0 radical (unpaired) electrons. The van der Waals surface area contributed by atoms with Gasteiger partial charge in [0.15, 0.2) is 6.29 Å². The van der Waals surface area contributed by atoms with Crippen LogP contribution in [0.3, 0.4) is 0 Å². The van der Waals surface area contributed by atoms with E-state index in [1.54, 1.807) is 0 Å². The van der Waals surface area contributed by atoms with E-state index in [2.05, 4.69) is 19.1 Å². The lowest BCUT2D eigenvalue weighted by molar-refractivity contribution is -0.110. The molecule has 1 aliphatic rings. The van der Waals surface area contributed by atoms with Crippen LogP contribution in [0.2, 0.25) is 0 Å². The maximum absolute atomic E-state index is 13.0. The van der Waals surface area contributed by atoms with Gasteiger partial charge in [0.25, 0.3) is 0 Å². The van der Waals surface area contributed by atoms with E-state index >= 15 is 0 Å². The van der Waals surface area contributed by atoms with Crippen LogP contribution >= 0.6 is 0 Å². The third-order valence-electron chi connectivity index (χ3n) is 8.47. The minimum absolute atomic E-state index is 0.649. The fourth-order valence-corrected chi connectivity index (χ4v) is 6.53. The van der Waals surface area contributed by atoms with Crippen molar-refractivity contribution in [3.63, 3.8) is 0 Å². The molecule has 42 heavy (non-hydrogen) atoms. The van der Waals surface area contributed by atoms with Crippen molar-refractivity contribution in [1.82, 2.24) is 0 Å². The molecule has 2 unspecified atom stereocenters. The predicted octanol–water partition coefficient (Wildman–Crippen LogP) is 7.27. The van der Waals surface area contributed by atoms with Crippen molar-refractivity contribution in [2.45, 2.75) is 50.5 Å². The molecule has 0 bridgehead atoms. The van der Waals surface area contributed by atoms with E-state index in [-0.39, 0.29) is 0 Å². The molecule has 5 aromatic rings. The van der Waals surface area contributed by atoms with E-state index in [4.69, 9.17) is 9.47 Å². The van der Waals surface area contributed by atoms with Crippen molar-refractivity contribution in [3.8, 4) is 0 Å². The minimum atomic E-state index is -1.66. The fourth-order valence-electron chi connectivity index (χ4n) is 6.53. The molecule has 212 valence electrons. The number of aliphatic hydroxyl groups is 2. The zero-order valence-corrected chi connectivity index (χ0v) is 24.1. The van der Waals surface area contributed by atoms with Crippen LogP contribution in [0.25, 0.3) is 0 Å². The van der Waals surface area contributed by atoms with Crippen molar-refractivity contribution in [2.75, 3.05) is 0 Å². The highest BCUT2D eigenvalue weighted by Gasteiger charge is 2.59. The van der Waals surface area contributed by atoms with Gasteiger partial charge >= 0.3 is 0 Å². The first-order valence-corrected chi connectivity index (χ1v) is 14.4. The summed E-state index contributed by atoms with van der Waals surface area (Å²) >= 11 is 0. The molecule has 1 heterocycles. The minimum Gasteiger partial charge on any atom is -0.378 e. The van der Waals surface area contributed by atoms with Crippen LogP contribution in [0.15, 0.2) is 133 Å². The first-order chi connectivity index (χ1) is 20.3. The second kappa shape index (κ2) is 11.3. The summed E-state index contributed by atoms with van der Waals surface area (Å²) < 4.78 is 13.8. The Bertz CT molecular complexity index is 1440. The van der Waals surface area contributed by atoms with Crippen molar-refractivity contribution in [2.24, 2.45) is 0 Å². The van der Waals surface area contributed by atoms with E-state index in [1.165, 1.54) is 0 Å². The van der Waals surface area contributed by atoms with Gasteiger partial charge in [-0.2, -0.15) is 0 Å². The van der Waals surface area contributed by atoms with Gasteiger partial charge in [-0.3, -0.25) is 0 Å². The Morgan fingerprint density at radius 2 is 0.762 bits per heavy atom. The number of aryl methyl sites for hydroxylation is 3. The largest absolute Gasteiger partial charge is 0.378 e. The Labute approximate surface area is 247 Å². The molecule has 0 aliphatic carbocycles. The monoisotopic (exact) mass is 556 g/mol. The molecule has 0 spiro atoms. The van der Waals surface area contributed by atoms with Gasteiger partial charge in [0, 0.05) is 5.56 Å². The second-order valence-corrected chi connectivity index (χ2v) is 11.3. The summed E-state index contributed by atoms with van der Waals surface area (Å²) in [6, 6.07) is 42.3. The van der Waals surface area contributed by atoms with Gasteiger partial charge in [0.1, 0.15) is 23.4 Å². The third-order valence-corrected chi connectivity index (χ3v) is 8.47. The van der Waals surface area contributed by atoms with Crippen molar-refractivity contribution in [3.05, 3.63) is 178 Å². The molecule has 0 aromatic heterocycles. The molecular formula is C38H36O4. The van der Waals surface area contributed by atoms with Crippen molar-refractivity contribution in [1.29, 1.82) is 0 Å². The molecule has 0 amide bonds. The molecule has 2 N–H and O–H groups in total. The lowest BCUT2D eigenvalue weighted by Gasteiger charge is -2.42. The van der Waals surface area contributed by atoms with Gasteiger partial charge in [0.05, 0.1) is 0 Å². The SMILES string of the molecule is Cc1cc(C)c(C2OC(C(O)(c3ccccc3)c3ccccc3)C(C(O)(c3ccccc3)c3ccccc3)O2)c(C)c1. The highest BCUT2D eigenvalue weighted by Crippen LogP contribution is 2.51. The molecule has 4 heteroatoms. The van der Waals surface area contributed by atoms with Crippen LogP contribution in [0.5, 0.6) is 0 Å². The number of benzene rings is 5. The Balaban J connectivity index is 1.62. The van der Waals surface area contributed by atoms with Crippen molar-refractivity contribution >= 4 is 0 Å². The lowest BCUT2D eigenvalue weighted by atomic mass is 9.72. The van der Waals surface area contributed by atoms with Crippen LogP contribution in [-0.2, 0) is 20.7 Å². The number of hydrogen-bond donors (Lipinski definition) is 2. The summed E-state index contributed by atoms with van der Waals surface area (Å²) in [5, 5.41) is 26.0. The lowest BCUT2D eigenvalue weighted by Crippen LogP contribution is -2.54. The Morgan fingerprint density at radius 1 is 0.476 bits per heavy atom. The van der Waals surface area contributed by atoms with Crippen LogP contribution in [0.1, 0.15) is 50.8 Å². The van der Waals surface area contributed by atoms with Crippen LogP contribution in [0.4, 0.5) is 0 Å². The molecule has 1 aliphatic heterocycles. The summed E-state index contributed by atoms with van der Waals surface area (Å²) in [5.74, 6) is 0. The molecule has 0 saturated carbocycles. The van der Waals surface area contributed by atoms with Gasteiger partial charge in [-0.1, -0.05) is 139 Å². The number of ether oxygens (including phenoxy) is 2. The fraction of sp³-hybridized carbons (Fsp3) is 0.211. The standard InChI is InChI=1S/C38H36O4/c1-26-24-27(2)33(28(3)25-26)36-41-34(37(39,29-16-8-4-9-17-29)30-18-10-5-11-19-30)35(42-36)38(40,31-20-12-6-13-21-31)32-22-14-7-15-23-32/h4-25,34-36,39-40H,1-3H3. The van der Waals surface area contributed by atoms with E-state index in [0.29, 0.717) is 22.3 Å². The highest BCUT2D eigenvalue weighted by molar-refractivity contribution is 5.45. The summed E-state index contributed by atoms with van der Waals surface area (Å²) in [6.45, 7) is 6.16. The molecule has 4 nitrogen and oxygen atoms in total. The average Bonchev–Trinajstić information content (AvgIpc) is 3.47. The van der Waals surface area contributed by atoms with Crippen LogP contribution in [-0.4, -0.2) is 22.4 Å². The van der Waals surface area contributed by atoms with E-state index in [1.807, 2.05) is 135 Å². The molecule has 6 rings (SSSR count). The van der Waals surface area contributed by atoms with E-state index < -0.39 is 29.7 Å². The third kappa shape index (κ3) is 4.77. The maximum Gasteiger partial charge on any atom is 0.185 e. The van der Waals surface area contributed by atoms with E-state index in [0.717, 1.165) is 22.3 Å². The summed E-state index contributed by atoms with van der Waals surface area (Å²) in [7, 11) is 0. The number of hydrogen-bond acceptors (Lipinski definition) is 4. The normalized spacial score (nSPS) is 19.1. The summed E-state index contributed by atoms with van der Waals surface area (Å²) in [6.07, 6.45) is -2.82.